The van der Waals surface area contributed by atoms with Gasteiger partial charge >= 0.3 is 18.4 Å². The SMILES string of the molecule is C=C1NC(=O)[C@H](C)N(C)C(=O)C2=C[C@@H](O)CN2C(=O)[C@@H](NC(=O)[C@H](Cc2cc(F)cc(F)c2)NC(=O)Nc2ccc(OC(F)(F)F)cc2)[C@H](C)OC(=O)[C@@H]2C[C@H](C)CN2C1=O. The van der Waals surface area contributed by atoms with Gasteiger partial charge < -0.3 is 50.5 Å². The summed E-state index contributed by atoms with van der Waals surface area (Å²) in [6, 6.07) is -1.25. The first-order valence-corrected chi connectivity index (χ1v) is 18.7. The molecule has 0 spiro atoms. The van der Waals surface area contributed by atoms with Crippen LogP contribution in [0.15, 0.2) is 66.5 Å². The van der Waals surface area contributed by atoms with Crippen LogP contribution in [0.2, 0.25) is 0 Å². The molecule has 7 amide bonds. The fourth-order valence-electron chi connectivity index (χ4n) is 6.88. The van der Waals surface area contributed by atoms with E-state index < -0.39 is 126 Å². The zero-order chi connectivity index (χ0) is 45.1. The maximum Gasteiger partial charge on any atom is 0.573 e. The van der Waals surface area contributed by atoms with Crippen LogP contribution in [0.4, 0.5) is 32.4 Å². The van der Waals surface area contributed by atoms with Crippen LogP contribution in [0.25, 0.3) is 0 Å². The molecule has 2 fully saturated rings. The number of nitrogens with zero attached hydrogens (tertiary/aromatic N) is 3. The number of anilines is 1. The summed E-state index contributed by atoms with van der Waals surface area (Å²) in [5.74, 6) is -8.94. The molecule has 5 rings (SSSR count). The molecule has 22 heteroatoms. The van der Waals surface area contributed by atoms with Crippen molar-refractivity contribution in [2.24, 2.45) is 5.92 Å². The number of hydrogen-bond acceptors (Lipinski definition) is 10. The van der Waals surface area contributed by atoms with Gasteiger partial charge in [0.2, 0.25) is 11.8 Å². The summed E-state index contributed by atoms with van der Waals surface area (Å²) in [6.45, 7) is 7.41. The molecule has 0 saturated carbocycles. The van der Waals surface area contributed by atoms with Gasteiger partial charge in [-0.25, -0.2) is 18.4 Å². The highest BCUT2D eigenvalue weighted by atomic mass is 19.4. The van der Waals surface area contributed by atoms with Crippen LogP contribution >= 0.6 is 0 Å². The van der Waals surface area contributed by atoms with Gasteiger partial charge in [0, 0.05) is 31.8 Å². The van der Waals surface area contributed by atoms with E-state index in [2.05, 4.69) is 32.6 Å². The molecule has 5 N–H and O–H groups in total. The molecule has 3 aliphatic rings. The standard InChI is InChI=1S/C39H42F5N7O10/c1-18-10-30-37(58)60-21(4)31(36(57)51-17-26(52)15-29(51)35(56)49(5)20(3)32(53)45-19(2)34(55)50(30)16-18)48-33(54)28(13-22-11-23(40)14-24(41)12-22)47-38(59)46-25-6-8-27(9-7-25)61-39(42,43)44/h6-9,11-12,14-15,18,20-21,26,28,30-31,52H,2,10,13,16-17H2,1,3-5H3,(H,45,53)(H,48,54)(H2,46,47,59)/t18-,20-,21-,26+,28-,30-,31-/m0/s1. The van der Waals surface area contributed by atoms with Crippen molar-refractivity contribution < 1.29 is 70.1 Å². The second kappa shape index (κ2) is 18.4. The normalized spacial score (nSPS) is 24.6. The maximum absolute atomic E-state index is 14.5. The third kappa shape index (κ3) is 11.2. The van der Waals surface area contributed by atoms with Crippen molar-refractivity contribution in [1.29, 1.82) is 0 Å². The van der Waals surface area contributed by atoms with E-state index in [0.717, 1.165) is 57.2 Å². The van der Waals surface area contributed by atoms with Gasteiger partial charge in [0.25, 0.3) is 17.7 Å². The molecule has 2 aromatic rings. The highest BCUT2D eigenvalue weighted by Crippen LogP contribution is 2.28. The number of esters is 1. The first kappa shape index (κ1) is 45.5. The molecule has 2 saturated heterocycles. The molecule has 328 valence electrons. The van der Waals surface area contributed by atoms with Gasteiger partial charge in [-0.3, -0.25) is 24.0 Å². The van der Waals surface area contributed by atoms with Gasteiger partial charge in [-0.2, -0.15) is 0 Å². The molecule has 0 aliphatic carbocycles. The second-order valence-corrected chi connectivity index (χ2v) is 14.8. The number of fused-ring (bicyclic) bond motifs is 2. The molecule has 3 aliphatic heterocycles. The molecule has 2 aromatic carbocycles. The fraction of sp³-hybridized carbons (Fsp3) is 0.410. The van der Waals surface area contributed by atoms with Crippen LogP contribution < -0.4 is 26.0 Å². The molecule has 0 unspecified atom stereocenters. The summed E-state index contributed by atoms with van der Waals surface area (Å²) >= 11 is 0. The third-order valence-corrected chi connectivity index (χ3v) is 10.0. The van der Waals surface area contributed by atoms with Crippen LogP contribution in [0.3, 0.4) is 0 Å². The number of ether oxygens (including phenoxy) is 2. The van der Waals surface area contributed by atoms with Crippen molar-refractivity contribution in [2.45, 2.75) is 76.4 Å². The van der Waals surface area contributed by atoms with Crippen LogP contribution in [-0.2, 0) is 39.9 Å². The number of halogens is 5. The molecule has 3 heterocycles. The number of cyclic esters (lactones) is 1. The summed E-state index contributed by atoms with van der Waals surface area (Å²) < 4.78 is 76.0. The van der Waals surface area contributed by atoms with E-state index in [-0.39, 0.29) is 30.1 Å². The number of alkyl halides is 3. The van der Waals surface area contributed by atoms with Crippen molar-refractivity contribution in [3.8, 4) is 5.75 Å². The Labute approximate surface area is 344 Å². The lowest BCUT2D eigenvalue weighted by Crippen LogP contribution is -2.60. The first-order chi connectivity index (χ1) is 28.5. The number of amides is 7. The van der Waals surface area contributed by atoms with E-state index in [9.17, 15) is 60.6 Å². The van der Waals surface area contributed by atoms with Crippen LogP contribution in [0, 0.1) is 17.6 Å². The summed E-state index contributed by atoms with van der Waals surface area (Å²) in [6.07, 6.45) is -7.56. The Kier molecular flexibility index (Phi) is 13.7. The highest BCUT2D eigenvalue weighted by molar-refractivity contribution is 6.04. The fourth-order valence-corrected chi connectivity index (χ4v) is 6.88. The molecule has 0 bridgehead atoms. The lowest BCUT2D eigenvalue weighted by Gasteiger charge is -2.34. The Bertz CT molecular complexity index is 2110. The van der Waals surface area contributed by atoms with E-state index in [1.807, 2.05) is 0 Å². The first-order valence-electron chi connectivity index (χ1n) is 18.7. The van der Waals surface area contributed by atoms with Gasteiger partial charge in [0.15, 0.2) is 0 Å². The predicted octanol–water partition coefficient (Wildman–Crippen LogP) is 1.83. The number of carbonyl (C=O) groups is 7. The third-order valence-electron chi connectivity index (χ3n) is 10.0. The van der Waals surface area contributed by atoms with Gasteiger partial charge in [-0.05, 0) is 74.2 Å². The summed E-state index contributed by atoms with van der Waals surface area (Å²) in [5.41, 5.74) is -1.08. The van der Waals surface area contributed by atoms with E-state index >= 15 is 0 Å². The molecular weight excluding hydrogens is 821 g/mol. The number of aliphatic hydroxyl groups is 1. The molecular formula is C39H42F5N7O10. The predicted molar refractivity (Wildman–Crippen MR) is 201 cm³/mol. The van der Waals surface area contributed by atoms with Crippen LogP contribution in [0.1, 0.15) is 32.8 Å². The number of urea groups is 1. The average molecular weight is 864 g/mol. The quantitative estimate of drug-likeness (QED) is 0.155. The second-order valence-electron chi connectivity index (χ2n) is 14.8. The summed E-state index contributed by atoms with van der Waals surface area (Å²) in [7, 11) is 1.22. The summed E-state index contributed by atoms with van der Waals surface area (Å²) in [4.78, 5) is 99.1. The molecule has 7 atom stereocenters. The minimum Gasteiger partial charge on any atom is -0.458 e. The largest absolute Gasteiger partial charge is 0.573 e. The molecule has 61 heavy (non-hydrogen) atoms. The van der Waals surface area contributed by atoms with Crippen LogP contribution in [-0.4, -0.2) is 124 Å². The lowest BCUT2D eigenvalue weighted by atomic mass is 10.0. The number of rotatable bonds is 7. The Morgan fingerprint density at radius 3 is 2.26 bits per heavy atom. The van der Waals surface area contributed by atoms with Gasteiger partial charge in [-0.15, -0.1) is 13.2 Å². The van der Waals surface area contributed by atoms with Gasteiger partial charge in [-0.1, -0.05) is 13.5 Å². The molecule has 17 nitrogen and oxygen atoms in total. The minimum absolute atomic E-state index is 0.0380. The number of carbonyl (C=O) groups excluding carboxylic acids is 7. The van der Waals surface area contributed by atoms with Crippen molar-refractivity contribution in [3.63, 3.8) is 0 Å². The molecule has 0 aromatic heterocycles. The van der Waals surface area contributed by atoms with Crippen molar-refractivity contribution in [2.75, 3.05) is 25.5 Å². The minimum atomic E-state index is -5.00. The van der Waals surface area contributed by atoms with E-state index in [0.29, 0.717) is 6.07 Å². The van der Waals surface area contributed by atoms with E-state index in [4.69, 9.17) is 4.74 Å². The van der Waals surface area contributed by atoms with Crippen LogP contribution in [0.5, 0.6) is 5.75 Å². The lowest BCUT2D eigenvalue weighted by molar-refractivity contribution is -0.274. The Morgan fingerprint density at radius 1 is 1.00 bits per heavy atom. The van der Waals surface area contributed by atoms with Crippen molar-refractivity contribution >= 4 is 47.2 Å². The van der Waals surface area contributed by atoms with Crippen molar-refractivity contribution in [1.82, 2.24) is 30.7 Å². The monoisotopic (exact) mass is 863 g/mol. The topological polar surface area (TPSA) is 216 Å². The van der Waals surface area contributed by atoms with Gasteiger partial charge in [0.1, 0.15) is 53.4 Å². The number of benzene rings is 2. The number of hydrogen-bond donors (Lipinski definition) is 5. The van der Waals surface area contributed by atoms with Crippen molar-refractivity contribution in [3.05, 3.63) is 83.7 Å². The maximum atomic E-state index is 14.5. The zero-order valence-corrected chi connectivity index (χ0v) is 33.0. The average Bonchev–Trinajstić information content (AvgIpc) is 3.76. The highest BCUT2D eigenvalue weighted by Gasteiger charge is 2.45. The summed E-state index contributed by atoms with van der Waals surface area (Å²) in [5, 5.41) is 20.0. The van der Waals surface area contributed by atoms with Gasteiger partial charge in [0.05, 0.1) is 18.3 Å². The van der Waals surface area contributed by atoms with E-state index in [1.54, 1.807) is 6.92 Å². The Hall–Kier alpha value is -6.58. The number of aliphatic hydroxyl groups excluding tert-OH is 1. The number of nitrogens with one attached hydrogen (secondary N) is 4. The Morgan fingerprint density at radius 2 is 1.64 bits per heavy atom. The molecule has 0 radical (unpaired) electrons. The zero-order valence-electron chi connectivity index (χ0n) is 33.0. The van der Waals surface area contributed by atoms with E-state index in [1.165, 1.54) is 20.9 Å². The Balaban J connectivity index is 1.49. The smallest absolute Gasteiger partial charge is 0.458 e. The number of likely N-dealkylation sites (N-methyl/N-ethyl adjacent to an activating group) is 1.